The molecule has 1 heterocycles. The van der Waals surface area contributed by atoms with Crippen molar-refractivity contribution in [2.45, 2.75) is 44.7 Å². The van der Waals surface area contributed by atoms with Gasteiger partial charge in [0, 0.05) is 17.0 Å². The van der Waals surface area contributed by atoms with Crippen molar-refractivity contribution in [2.24, 2.45) is 5.92 Å². The Labute approximate surface area is 112 Å². The molecule has 2 N–H and O–H groups in total. The van der Waals surface area contributed by atoms with Crippen molar-refractivity contribution in [3.8, 4) is 6.07 Å². The SMILES string of the molecule is CC1CCCC(CO)(NCc2ccc(C#N)s2)C1. The van der Waals surface area contributed by atoms with Crippen LogP contribution in [0.4, 0.5) is 0 Å². The monoisotopic (exact) mass is 264 g/mol. The first-order chi connectivity index (χ1) is 8.67. The number of nitrogens with one attached hydrogen (secondary N) is 1. The van der Waals surface area contributed by atoms with Crippen LogP contribution in [0, 0.1) is 17.2 Å². The number of rotatable bonds is 4. The molecule has 0 bridgehead atoms. The molecule has 0 aromatic carbocycles. The molecule has 2 atom stereocenters. The molecule has 2 unspecified atom stereocenters. The highest BCUT2D eigenvalue weighted by Crippen LogP contribution is 2.32. The minimum absolute atomic E-state index is 0.117. The minimum atomic E-state index is -0.117. The summed E-state index contributed by atoms with van der Waals surface area (Å²) in [6.07, 6.45) is 4.54. The largest absolute Gasteiger partial charge is 0.394 e. The molecular weight excluding hydrogens is 244 g/mol. The number of nitrogens with zero attached hydrogens (tertiary/aromatic N) is 1. The van der Waals surface area contributed by atoms with Gasteiger partial charge in [-0.25, -0.2) is 0 Å². The molecule has 0 saturated heterocycles. The Hall–Kier alpha value is -0.890. The third-order valence-corrected chi connectivity index (χ3v) is 4.79. The third-order valence-electron chi connectivity index (χ3n) is 3.80. The van der Waals surface area contributed by atoms with Crippen LogP contribution < -0.4 is 5.32 Å². The van der Waals surface area contributed by atoms with Crippen molar-refractivity contribution in [1.29, 1.82) is 5.26 Å². The van der Waals surface area contributed by atoms with Gasteiger partial charge in [0.05, 0.1) is 6.61 Å². The average molecular weight is 264 g/mol. The highest BCUT2D eigenvalue weighted by molar-refractivity contribution is 7.12. The van der Waals surface area contributed by atoms with Crippen LogP contribution in [0.3, 0.4) is 0 Å². The second-order valence-electron chi connectivity index (χ2n) is 5.37. The molecule has 0 spiro atoms. The summed E-state index contributed by atoms with van der Waals surface area (Å²) >= 11 is 1.53. The lowest BCUT2D eigenvalue weighted by atomic mass is 9.77. The van der Waals surface area contributed by atoms with E-state index in [1.165, 1.54) is 24.2 Å². The fraction of sp³-hybridized carbons (Fsp3) is 0.643. The fourth-order valence-electron chi connectivity index (χ4n) is 2.83. The number of hydrogen-bond acceptors (Lipinski definition) is 4. The van der Waals surface area contributed by atoms with E-state index in [-0.39, 0.29) is 12.1 Å². The predicted octanol–water partition coefficient (Wildman–Crippen LogP) is 2.65. The average Bonchev–Trinajstić information content (AvgIpc) is 2.84. The van der Waals surface area contributed by atoms with Crippen molar-refractivity contribution in [3.63, 3.8) is 0 Å². The molecule has 1 aromatic rings. The maximum absolute atomic E-state index is 9.68. The third kappa shape index (κ3) is 3.11. The van der Waals surface area contributed by atoms with Gasteiger partial charge in [-0.2, -0.15) is 5.26 Å². The molecule has 1 aliphatic carbocycles. The van der Waals surface area contributed by atoms with E-state index in [0.717, 1.165) is 29.1 Å². The number of hydrogen-bond donors (Lipinski definition) is 2. The smallest absolute Gasteiger partial charge is 0.110 e. The standard InChI is InChI=1S/C14H20N2OS/c1-11-3-2-6-14(7-11,10-17)16-9-13-5-4-12(8-15)18-13/h4-5,11,16-17H,2-3,6-7,9-10H2,1H3. The maximum atomic E-state index is 9.68. The molecule has 1 saturated carbocycles. The van der Waals surface area contributed by atoms with Gasteiger partial charge in [-0.15, -0.1) is 11.3 Å². The number of aliphatic hydroxyl groups excluding tert-OH is 1. The zero-order valence-corrected chi connectivity index (χ0v) is 11.6. The van der Waals surface area contributed by atoms with E-state index in [4.69, 9.17) is 5.26 Å². The molecule has 3 nitrogen and oxygen atoms in total. The predicted molar refractivity (Wildman–Crippen MR) is 73.3 cm³/mol. The van der Waals surface area contributed by atoms with E-state index in [9.17, 15) is 5.11 Å². The van der Waals surface area contributed by atoms with Crippen LogP contribution in [0.5, 0.6) is 0 Å². The summed E-state index contributed by atoms with van der Waals surface area (Å²) in [5.74, 6) is 0.677. The first-order valence-corrected chi connectivity index (χ1v) is 7.34. The Balaban J connectivity index is 1.96. The quantitative estimate of drug-likeness (QED) is 0.879. The maximum Gasteiger partial charge on any atom is 0.110 e. The van der Waals surface area contributed by atoms with Gasteiger partial charge in [-0.05, 0) is 30.9 Å². The first-order valence-electron chi connectivity index (χ1n) is 6.52. The molecule has 1 fully saturated rings. The van der Waals surface area contributed by atoms with Gasteiger partial charge < -0.3 is 10.4 Å². The van der Waals surface area contributed by atoms with Crippen molar-refractivity contribution in [3.05, 3.63) is 21.9 Å². The summed E-state index contributed by atoms with van der Waals surface area (Å²) in [6.45, 7) is 3.21. The zero-order chi connectivity index (χ0) is 13.0. The van der Waals surface area contributed by atoms with Crippen molar-refractivity contribution in [2.75, 3.05) is 6.61 Å². The normalized spacial score (nSPS) is 27.9. The lowest BCUT2D eigenvalue weighted by Gasteiger charge is -2.39. The second kappa shape index (κ2) is 5.83. The Kier molecular flexibility index (Phi) is 4.39. The van der Waals surface area contributed by atoms with Crippen LogP contribution in [0.25, 0.3) is 0 Å². The van der Waals surface area contributed by atoms with Crippen molar-refractivity contribution < 1.29 is 5.11 Å². The van der Waals surface area contributed by atoms with Crippen LogP contribution in [-0.4, -0.2) is 17.3 Å². The number of thiophene rings is 1. The van der Waals surface area contributed by atoms with E-state index in [1.807, 2.05) is 12.1 Å². The van der Waals surface area contributed by atoms with Crippen LogP contribution in [0.2, 0.25) is 0 Å². The number of aliphatic hydroxyl groups is 1. The molecular formula is C14H20N2OS. The van der Waals surface area contributed by atoms with E-state index in [2.05, 4.69) is 18.3 Å². The van der Waals surface area contributed by atoms with Gasteiger partial charge in [0.2, 0.25) is 0 Å². The van der Waals surface area contributed by atoms with E-state index in [0.29, 0.717) is 5.92 Å². The number of nitriles is 1. The lowest BCUT2D eigenvalue weighted by molar-refractivity contribution is 0.0985. The molecule has 0 aliphatic heterocycles. The van der Waals surface area contributed by atoms with Crippen molar-refractivity contribution in [1.82, 2.24) is 5.32 Å². The highest BCUT2D eigenvalue weighted by atomic mass is 32.1. The molecule has 0 amide bonds. The lowest BCUT2D eigenvalue weighted by Crippen LogP contribution is -2.50. The van der Waals surface area contributed by atoms with E-state index in [1.54, 1.807) is 0 Å². The fourth-order valence-corrected chi connectivity index (χ4v) is 3.57. The van der Waals surface area contributed by atoms with E-state index >= 15 is 0 Å². The van der Waals surface area contributed by atoms with Crippen molar-refractivity contribution >= 4 is 11.3 Å². The zero-order valence-electron chi connectivity index (χ0n) is 10.8. The second-order valence-corrected chi connectivity index (χ2v) is 6.54. The van der Waals surface area contributed by atoms with Gasteiger partial charge in [-0.3, -0.25) is 0 Å². The first kappa shape index (κ1) is 13.5. The molecule has 4 heteroatoms. The van der Waals surface area contributed by atoms with Gasteiger partial charge >= 0.3 is 0 Å². The van der Waals surface area contributed by atoms with Crippen LogP contribution in [0.1, 0.15) is 42.4 Å². The Morgan fingerprint density at radius 1 is 1.61 bits per heavy atom. The summed E-state index contributed by atoms with van der Waals surface area (Å²) in [7, 11) is 0. The van der Waals surface area contributed by atoms with Crippen LogP contribution >= 0.6 is 11.3 Å². The van der Waals surface area contributed by atoms with Gasteiger partial charge in [0.15, 0.2) is 0 Å². The molecule has 0 radical (unpaired) electrons. The highest BCUT2D eigenvalue weighted by Gasteiger charge is 2.33. The van der Waals surface area contributed by atoms with Gasteiger partial charge in [-0.1, -0.05) is 19.8 Å². The summed E-state index contributed by atoms with van der Waals surface area (Å²) < 4.78 is 0. The molecule has 98 valence electrons. The molecule has 2 rings (SSSR count). The molecule has 1 aromatic heterocycles. The minimum Gasteiger partial charge on any atom is -0.394 e. The Morgan fingerprint density at radius 2 is 2.44 bits per heavy atom. The van der Waals surface area contributed by atoms with E-state index < -0.39 is 0 Å². The Bertz CT molecular complexity index is 437. The Morgan fingerprint density at radius 3 is 3.06 bits per heavy atom. The van der Waals surface area contributed by atoms with Crippen LogP contribution in [-0.2, 0) is 6.54 Å². The molecule has 18 heavy (non-hydrogen) atoms. The van der Waals surface area contributed by atoms with Gasteiger partial charge in [0.1, 0.15) is 10.9 Å². The van der Waals surface area contributed by atoms with Crippen LogP contribution in [0.15, 0.2) is 12.1 Å². The summed E-state index contributed by atoms with van der Waals surface area (Å²) in [5, 5.41) is 22.0. The van der Waals surface area contributed by atoms with Gasteiger partial charge in [0.25, 0.3) is 0 Å². The summed E-state index contributed by atoms with van der Waals surface area (Å²) in [6, 6.07) is 6.01. The topological polar surface area (TPSA) is 56.0 Å². The summed E-state index contributed by atoms with van der Waals surface area (Å²) in [5.41, 5.74) is -0.117. The molecule has 1 aliphatic rings. The summed E-state index contributed by atoms with van der Waals surface area (Å²) in [4.78, 5) is 1.92.